The number of thioether (sulfide) groups is 1. The van der Waals surface area contributed by atoms with Crippen LogP contribution in [0.4, 0.5) is 0 Å². The van der Waals surface area contributed by atoms with Crippen molar-refractivity contribution in [2.45, 2.75) is 56.7 Å². The van der Waals surface area contributed by atoms with Crippen molar-refractivity contribution >= 4 is 17.7 Å². The molecular formula is C18H23N3O2S. The quantitative estimate of drug-likeness (QED) is 0.773. The summed E-state index contributed by atoms with van der Waals surface area (Å²) in [4.78, 5) is 19.6. The van der Waals surface area contributed by atoms with E-state index in [4.69, 9.17) is 4.52 Å². The minimum absolute atomic E-state index is 0.0202. The minimum Gasteiger partial charge on any atom is -0.339 e. The molecule has 1 unspecified atom stereocenters. The van der Waals surface area contributed by atoms with Crippen molar-refractivity contribution in [3.05, 3.63) is 41.0 Å². The molecule has 1 atom stereocenters. The molecule has 1 aromatic carbocycles. The molecule has 0 bridgehead atoms. The largest absolute Gasteiger partial charge is 0.339 e. The number of aryl methyl sites for hydroxylation is 2. The van der Waals surface area contributed by atoms with Gasteiger partial charge in [-0.1, -0.05) is 22.9 Å². The summed E-state index contributed by atoms with van der Waals surface area (Å²) < 4.78 is 5.41. The minimum atomic E-state index is 0.0202. The molecule has 2 heterocycles. The molecule has 6 heteroatoms. The van der Waals surface area contributed by atoms with E-state index in [9.17, 15) is 4.79 Å². The molecule has 3 rings (SSSR count). The molecule has 0 N–H and O–H groups in total. The molecule has 1 aliphatic heterocycles. The topological polar surface area (TPSA) is 59.2 Å². The molecule has 0 spiro atoms. The summed E-state index contributed by atoms with van der Waals surface area (Å²) in [6.45, 7) is 8.92. The van der Waals surface area contributed by atoms with Gasteiger partial charge in [-0.25, -0.2) is 0 Å². The zero-order chi connectivity index (χ0) is 17.3. The fraction of sp³-hybridized carbons (Fsp3) is 0.500. The predicted octanol–water partition coefficient (Wildman–Crippen LogP) is 3.70. The number of amides is 1. The average Bonchev–Trinajstić information content (AvgIpc) is 3.14. The van der Waals surface area contributed by atoms with Gasteiger partial charge in [0.25, 0.3) is 0 Å². The molecule has 1 aliphatic rings. The highest BCUT2D eigenvalue weighted by molar-refractivity contribution is 7.98. The van der Waals surface area contributed by atoms with Crippen molar-refractivity contribution in [3.8, 4) is 0 Å². The molecule has 0 saturated carbocycles. The lowest BCUT2D eigenvalue weighted by molar-refractivity contribution is -0.129. The van der Waals surface area contributed by atoms with Crippen LogP contribution in [0.2, 0.25) is 0 Å². The normalized spacial score (nSPS) is 18.0. The second kappa shape index (κ2) is 6.97. The Labute approximate surface area is 146 Å². The van der Waals surface area contributed by atoms with E-state index in [2.05, 4.69) is 42.2 Å². The van der Waals surface area contributed by atoms with Gasteiger partial charge in [-0.15, -0.1) is 11.8 Å². The Morgan fingerprint density at radius 1 is 1.38 bits per heavy atom. The molecule has 0 radical (unpaired) electrons. The number of aromatic nitrogens is 2. The third-order valence-electron chi connectivity index (χ3n) is 4.32. The Morgan fingerprint density at radius 2 is 2.17 bits per heavy atom. The summed E-state index contributed by atoms with van der Waals surface area (Å²) in [5.74, 6) is 2.13. The lowest BCUT2D eigenvalue weighted by atomic mass is 10.1. The van der Waals surface area contributed by atoms with Gasteiger partial charge in [-0.3, -0.25) is 4.79 Å². The highest BCUT2D eigenvalue weighted by atomic mass is 32.2. The first-order valence-corrected chi connectivity index (χ1v) is 9.24. The predicted molar refractivity (Wildman–Crippen MR) is 94.0 cm³/mol. The van der Waals surface area contributed by atoms with Crippen LogP contribution in [0, 0.1) is 13.8 Å². The summed E-state index contributed by atoms with van der Waals surface area (Å²) >= 11 is 1.71. The molecule has 128 valence electrons. The summed E-state index contributed by atoms with van der Waals surface area (Å²) in [6.07, 6.45) is 0.462. The van der Waals surface area contributed by atoms with Crippen molar-refractivity contribution in [1.29, 1.82) is 0 Å². The van der Waals surface area contributed by atoms with Gasteiger partial charge in [0.2, 0.25) is 11.8 Å². The second-order valence-corrected chi connectivity index (χ2v) is 7.66. The molecule has 1 fully saturated rings. The SMILES string of the molecule is Cc1ccc(C)c(SCc2noc(C3CC(=O)N(C(C)C)C3)n2)c1. The number of carbonyl (C=O) groups is 1. The third-order valence-corrected chi connectivity index (χ3v) is 5.47. The van der Waals surface area contributed by atoms with Gasteiger partial charge in [0.1, 0.15) is 0 Å². The summed E-state index contributed by atoms with van der Waals surface area (Å²) in [7, 11) is 0. The Kier molecular flexibility index (Phi) is 4.94. The maximum Gasteiger partial charge on any atom is 0.232 e. The maximum absolute atomic E-state index is 12.0. The monoisotopic (exact) mass is 345 g/mol. The molecule has 0 aliphatic carbocycles. The zero-order valence-corrected chi connectivity index (χ0v) is 15.4. The highest BCUT2D eigenvalue weighted by Crippen LogP contribution is 2.30. The molecule has 5 nitrogen and oxygen atoms in total. The van der Waals surface area contributed by atoms with E-state index in [0.717, 1.165) is 0 Å². The van der Waals surface area contributed by atoms with Crippen molar-refractivity contribution in [1.82, 2.24) is 15.0 Å². The lowest BCUT2D eigenvalue weighted by Gasteiger charge is -2.20. The molecule has 1 amide bonds. The molecular weight excluding hydrogens is 322 g/mol. The van der Waals surface area contributed by atoms with Crippen molar-refractivity contribution in [2.24, 2.45) is 0 Å². The van der Waals surface area contributed by atoms with E-state index in [1.54, 1.807) is 11.8 Å². The third kappa shape index (κ3) is 3.64. The van der Waals surface area contributed by atoms with Crippen LogP contribution in [-0.2, 0) is 10.5 Å². The van der Waals surface area contributed by atoms with Crippen molar-refractivity contribution < 1.29 is 9.32 Å². The highest BCUT2D eigenvalue weighted by Gasteiger charge is 2.35. The number of hydrogen-bond donors (Lipinski definition) is 0. The first kappa shape index (κ1) is 17.0. The van der Waals surface area contributed by atoms with E-state index in [1.807, 2.05) is 18.7 Å². The average molecular weight is 345 g/mol. The molecule has 1 saturated heterocycles. The van der Waals surface area contributed by atoms with Crippen LogP contribution in [0.5, 0.6) is 0 Å². The van der Waals surface area contributed by atoms with E-state index < -0.39 is 0 Å². The van der Waals surface area contributed by atoms with Crippen LogP contribution < -0.4 is 0 Å². The molecule has 24 heavy (non-hydrogen) atoms. The van der Waals surface area contributed by atoms with Gasteiger partial charge < -0.3 is 9.42 Å². The summed E-state index contributed by atoms with van der Waals surface area (Å²) in [6, 6.07) is 6.63. The number of rotatable bonds is 5. The fourth-order valence-electron chi connectivity index (χ4n) is 2.89. The van der Waals surface area contributed by atoms with Crippen LogP contribution in [0.3, 0.4) is 0 Å². The number of benzene rings is 1. The van der Waals surface area contributed by atoms with Gasteiger partial charge in [0, 0.05) is 23.9 Å². The number of hydrogen-bond acceptors (Lipinski definition) is 5. The van der Waals surface area contributed by atoms with E-state index >= 15 is 0 Å². The van der Waals surface area contributed by atoms with Crippen molar-refractivity contribution in [3.63, 3.8) is 0 Å². The fourth-order valence-corrected chi connectivity index (χ4v) is 3.86. The van der Waals surface area contributed by atoms with Crippen molar-refractivity contribution in [2.75, 3.05) is 6.54 Å². The zero-order valence-electron chi connectivity index (χ0n) is 14.6. The Hall–Kier alpha value is -1.82. The van der Waals surface area contributed by atoms with Crippen LogP contribution in [0.1, 0.15) is 49.0 Å². The molecule has 2 aromatic rings. The summed E-state index contributed by atoms with van der Waals surface area (Å²) in [5, 5.41) is 4.09. The Balaban J connectivity index is 1.64. The number of likely N-dealkylation sites (tertiary alicyclic amines) is 1. The van der Waals surface area contributed by atoms with Gasteiger partial charge in [0.05, 0.1) is 11.7 Å². The van der Waals surface area contributed by atoms with Crippen LogP contribution in [-0.4, -0.2) is 33.5 Å². The summed E-state index contributed by atoms with van der Waals surface area (Å²) in [5.41, 5.74) is 2.50. The van der Waals surface area contributed by atoms with E-state index in [0.29, 0.717) is 30.4 Å². The second-order valence-electron chi connectivity index (χ2n) is 6.65. The molecule has 1 aromatic heterocycles. The maximum atomic E-state index is 12.0. The van der Waals surface area contributed by atoms with Gasteiger partial charge >= 0.3 is 0 Å². The van der Waals surface area contributed by atoms with Crippen LogP contribution >= 0.6 is 11.8 Å². The van der Waals surface area contributed by atoms with Gasteiger partial charge in [0.15, 0.2) is 5.82 Å². The van der Waals surface area contributed by atoms with Crippen LogP contribution in [0.25, 0.3) is 0 Å². The smallest absolute Gasteiger partial charge is 0.232 e. The Bertz CT molecular complexity index is 742. The first-order chi connectivity index (χ1) is 11.4. The van der Waals surface area contributed by atoms with E-state index in [1.165, 1.54) is 16.0 Å². The van der Waals surface area contributed by atoms with Crippen LogP contribution in [0.15, 0.2) is 27.6 Å². The first-order valence-electron chi connectivity index (χ1n) is 8.26. The standard InChI is InChI=1S/C18H23N3O2S/c1-11(2)21-9-14(8-17(21)22)18-19-16(20-23-18)10-24-15-7-12(3)5-6-13(15)4/h5-7,11,14H,8-10H2,1-4H3. The number of carbonyl (C=O) groups excluding carboxylic acids is 1. The number of nitrogens with zero attached hydrogens (tertiary/aromatic N) is 3. The van der Waals surface area contributed by atoms with Gasteiger partial charge in [-0.2, -0.15) is 4.98 Å². The van der Waals surface area contributed by atoms with Gasteiger partial charge in [-0.05, 0) is 39.3 Å². The Morgan fingerprint density at radius 3 is 2.88 bits per heavy atom. The lowest BCUT2D eigenvalue weighted by Crippen LogP contribution is -2.31. The van der Waals surface area contributed by atoms with E-state index in [-0.39, 0.29) is 17.9 Å².